The normalized spacial score (nSPS) is 12.8. The average molecular weight is 428 g/mol. The second-order valence-corrected chi connectivity index (χ2v) is 6.97. The Labute approximate surface area is 184 Å². The summed E-state index contributed by atoms with van der Waals surface area (Å²) in [5.41, 5.74) is 2.24. The van der Waals surface area contributed by atoms with Gasteiger partial charge in [-0.2, -0.15) is 0 Å². The van der Waals surface area contributed by atoms with Gasteiger partial charge in [0, 0.05) is 17.3 Å². The molecule has 0 fully saturated rings. The number of carbonyl (C=O) groups is 3. The van der Waals surface area contributed by atoms with Crippen LogP contribution in [0.1, 0.15) is 26.3 Å². The second kappa shape index (κ2) is 8.77. The molecule has 7 nitrogen and oxygen atoms in total. The summed E-state index contributed by atoms with van der Waals surface area (Å²) in [6, 6.07) is 18.5. The Hall–Kier alpha value is -4.39. The van der Waals surface area contributed by atoms with Crippen molar-refractivity contribution in [2.75, 3.05) is 24.4 Å². The SMILES string of the molecule is COc1ccc(OC)c(/C=C/C(=O)Nc2cccc(N3C(=O)c4ccccc4C3=O)c2)c1. The van der Waals surface area contributed by atoms with Gasteiger partial charge in [0.2, 0.25) is 5.91 Å². The van der Waals surface area contributed by atoms with E-state index >= 15 is 0 Å². The summed E-state index contributed by atoms with van der Waals surface area (Å²) in [6.07, 6.45) is 2.98. The van der Waals surface area contributed by atoms with Crippen molar-refractivity contribution in [2.24, 2.45) is 0 Å². The number of methoxy groups -OCH3 is 2. The fourth-order valence-electron chi connectivity index (χ4n) is 3.47. The second-order valence-electron chi connectivity index (χ2n) is 6.97. The van der Waals surface area contributed by atoms with Crippen molar-refractivity contribution >= 4 is 35.2 Å². The molecule has 0 radical (unpaired) electrons. The van der Waals surface area contributed by atoms with Crippen LogP contribution >= 0.6 is 0 Å². The van der Waals surface area contributed by atoms with Gasteiger partial charge < -0.3 is 14.8 Å². The third kappa shape index (κ3) is 3.96. The number of anilines is 2. The van der Waals surface area contributed by atoms with Crippen molar-refractivity contribution in [1.82, 2.24) is 0 Å². The van der Waals surface area contributed by atoms with Gasteiger partial charge in [0.05, 0.1) is 31.0 Å². The first-order valence-corrected chi connectivity index (χ1v) is 9.81. The Kier molecular flexibility index (Phi) is 5.72. The van der Waals surface area contributed by atoms with Gasteiger partial charge in [-0.25, -0.2) is 4.90 Å². The van der Waals surface area contributed by atoms with Gasteiger partial charge in [-0.3, -0.25) is 14.4 Å². The van der Waals surface area contributed by atoms with E-state index < -0.39 is 0 Å². The molecule has 4 rings (SSSR count). The zero-order chi connectivity index (χ0) is 22.7. The number of amides is 3. The van der Waals surface area contributed by atoms with E-state index in [0.29, 0.717) is 39.6 Å². The van der Waals surface area contributed by atoms with Crippen LogP contribution < -0.4 is 19.7 Å². The molecular weight excluding hydrogens is 408 g/mol. The zero-order valence-electron chi connectivity index (χ0n) is 17.5. The van der Waals surface area contributed by atoms with E-state index in [2.05, 4.69) is 5.32 Å². The number of hydrogen-bond acceptors (Lipinski definition) is 5. The highest BCUT2D eigenvalue weighted by Gasteiger charge is 2.36. The molecule has 0 spiro atoms. The number of nitrogens with zero attached hydrogens (tertiary/aromatic N) is 1. The maximum absolute atomic E-state index is 12.7. The number of benzene rings is 3. The molecule has 0 saturated carbocycles. The summed E-state index contributed by atoms with van der Waals surface area (Å²) in [4.78, 5) is 39.0. The minimum Gasteiger partial charge on any atom is -0.497 e. The van der Waals surface area contributed by atoms with Gasteiger partial charge in [0.25, 0.3) is 11.8 Å². The summed E-state index contributed by atoms with van der Waals surface area (Å²) in [6.45, 7) is 0. The molecule has 7 heteroatoms. The largest absolute Gasteiger partial charge is 0.497 e. The summed E-state index contributed by atoms with van der Waals surface area (Å²) >= 11 is 0. The molecule has 32 heavy (non-hydrogen) atoms. The van der Waals surface area contributed by atoms with E-state index in [0.717, 1.165) is 4.90 Å². The number of carbonyl (C=O) groups excluding carboxylic acids is 3. The minimum atomic E-state index is -0.390. The van der Waals surface area contributed by atoms with E-state index in [4.69, 9.17) is 9.47 Å². The molecular formula is C25H20N2O5. The van der Waals surface area contributed by atoms with Gasteiger partial charge in [-0.1, -0.05) is 18.2 Å². The lowest BCUT2D eigenvalue weighted by Crippen LogP contribution is -2.29. The van der Waals surface area contributed by atoms with Gasteiger partial charge >= 0.3 is 0 Å². The van der Waals surface area contributed by atoms with E-state index in [1.54, 1.807) is 87.0 Å². The fourth-order valence-corrected chi connectivity index (χ4v) is 3.47. The molecule has 3 aromatic carbocycles. The van der Waals surface area contributed by atoms with Crippen LogP contribution in [0, 0.1) is 0 Å². The molecule has 1 aliphatic heterocycles. The third-order valence-corrected chi connectivity index (χ3v) is 5.02. The molecule has 1 aliphatic rings. The van der Waals surface area contributed by atoms with Crippen molar-refractivity contribution in [2.45, 2.75) is 0 Å². The maximum atomic E-state index is 12.7. The summed E-state index contributed by atoms with van der Waals surface area (Å²) in [5.74, 6) is 0.0783. The Bertz CT molecular complexity index is 1210. The van der Waals surface area contributed by atoms with Crippen LogP contribution in [0.5, 0.6) is 11.5 Å². The molecule has 1 heterocycles. The fraction of sp³-hybridized carbons (Fsp3) is 0.0800. The molecule has 0 aromatic heterocycles. The quantitative estimate of drug-likeness (QED) is 0.471. The molecule has 1 N–H and O–H groups in total. The Morgan fingerprint density at radius 2 is 1.59 bits per heavy atom. The van der Waals surface area contributed by atoms with Crippen LogP contribution in [0.15, 0.2) is 72.8 Å². The van der Waals surface area contributed by atoms with Crippen molar-refractivity contribution in [3.05, 3.63) is 89.5 Å². The zero-order valence-corrected chi connectivity index (χ0v) is 17.5. The predicted octanol–water partition coefficient (Wildman–Crippen LogP) is 4.16. The Morgan fingerprint density at radius 3 is 2.25 bits per heavy atom. The van der Waals surface area contributed by atoms with Gasteiger partial charge in [-0.15, -0.1) is 0 Å². The summed E-state index contributed by atoms with van der Waals surface area (Å²) < 4.78 is 10.5. The first kappa shape index (κ1) is 20.9. The lowest BCUT2D eigenvalue weighted by atomic mass is 10.1. The van der Waals surface area contributed by atoms with Crippen LogP contribution in [0.2, 0.25) is 0 Å². The number of ether oxygens (including phenoxy) is 2. The molecule has 0 unspecified atom stereocenters. The first-order valence-electron chi connectivity index (χ1n) is 9.81. The lowest BCUT2D eigenvalue weighted by Gasteiger charge is -2.15. The topological polar surface area (TPSA) is 84.9 Å². The smallest absolute Gasteiger partial charge is 0.266 e. The van der Waals surface area contributed by atoms with E-state index in [9.17, 15) is 14.4 Å². The Balaban J connectivity index is 1.52. The van der Waals surface area contributed by atoms with Crippen molar-refractivity contribution in [3.63, 3.8) is 0 Å². The first-order chi connectivity index (χ1) is 15.5. The predicted molar refractivity (Wildman–Crippen MR) is 121 cm³/mol. The molecule has 0 bridgehead atoms. The molecule has 0 saturated heterocycles. The highest BCUT2D eigenvalue weighted by molar-refractivity contribution is 6.34. The van der Waals surface area contributed by atoms with Crippen LogP contribution in [-0.2, 0) is 4.79 Å². The van der Waals surface area contributed by atoms with E-state index in [-0.39, 0.29) is 17.7 Å². The molecule has 3 aromatic rings. The summed E-state index contributed by atoms with van der Waals surface area (Å²) in [5, 5.41) is 2.75. The average Bonchev–Trinajstić information content (AvgIpc) is 3.07. The number of hydrogen-bond donors (Lipinski definition) is 1. The van der Waals surface area contributed by atoms with Gasteiger partial charge in [-0.05, 0) is 54.6 Å². The van der Waals surface area contributed by atoms with Crippen molar-refractivity contribution < 1.29 is 23.9 Å². The number of imide groups is 1. The van der Waals surface area contributed by atoms with Gasteiger partial charge in [0.15, 0.2) is 0 Å². The number of rotatable bonds is 6. The lowest BCUT2D eigenvalue weighted by molar-refractivity contribution is -0.111. The minimum absolute atomic E-state index is 0.363. The van der Waals surface area contributed by atoms with Crippen LogP contribution in [-0.4, -0.2) is 31.9 Å². The highest BCUT2D eigenvalue weighted by Crippen LogP contribution is 2.30. The maximum Gasteiger partial charge on any atom is 0.266 e. The van der Waals surface area contributed by atoms with Crippen molar-refractivity contribution in [3.8, 4) is 11.5 Å². The molecule has 3 amide bonds. The standard InChI is InChI=1S/C25H20N2O5/c1-31-19-11-12-22(32-2)16(14-19)10-13-23(28)26-17-6-5-7-18(15-17)27-24(29)20-8-3-4-9-21(20)25(27)30/h3-15H,1-2H3,(H,26,28)/b13-10+. The number of fused-ring (bicyclic) bond motifs is 1. The van der Waals surface area contributed by atoms with E-state index in [1.165, 1.54) is 6.08 Å². The highest BCUT2D eigenvalue weighted by atomic mass is 16.5. The third-order valence-electron chi connectivity index (χ3n) is 5.02. The van der Waals surface area contributed by atoms with Gasteiger partial charge in [0.1, 0.15) is 11.5 Å². The number of nitrogens with one attached hydrogen (secondary N) is 1. The Morgan fingerprint density at radius 1 is 0.875 bits per heavy atom. The summed E-state index contributed by atoms with van der Waals surface area (Å²) in [7, 11) is 3.10. The molecule has 0 aliphatic carbocycles. The molecule has 160 valence electrons. The van der Waals surface area contributed by atoms with Crippen molar-refractivity contribution in [1.29, 1.82) is 0 Å². The van der Waals surface area contributed by atoms with Crippen LogP contribution in [0.3, 0.4) is 0 Å². The van der Waals surface area contributed by atoms with Crippen LogP contribution in [0.4, 0.5) is 11.4 Å². The monoisotopic (exact) mass is 428 g/mol. The van der Waals surface area contributed by atoms with E-state index in [1.807, 2.05) is 0 Å². The van der Waals surface area contributed by atoms with Crippen LogP contribution in [0.25, 0.3) is 6.08 Å². The molecule has 0 atom stereocenters.